The van der Waals surface area contributed by atoms with Crippen LogP contribution < -0.4 is 5.32 Å². The molecule has 1 heterocycles. The van der Waals surface area contributed by atoms with Crippen LogP contribution in [0.1, 0.15) is 27.2 Å². The average Bonchev–Trinajstić information content (AvgIpc) is 2.38. The molecule has 1 aliphatic heterocycles. The monoisotopic (exact) mass is 295 g/mol. The first-order chi connectivity index (χ1) is 9.35. The van der Waals surface area contributed by atoms with Crippen LogP contribution in [0.3, 0.4) is 0 Å². The third kappa shape index (κ3) is 6.41. The molecule has 2 unspecified atom stereocenters. The third-order valence-electron chi connectivity index (χ3n) is 4.12. The van der Waals surface area contributed by atoms with Crippen LogP contribution in [0.5, 0.6) is 0 Å². The Morgan fingerprint density at radius 2 is 1.60 bits per heavy atom. The van der Waals surface area contributed by atoms with Gasteiger partial charge in [-0.15, -0.1) is 0 Å². The van der Waals surface area contributed by atoms with Crippen LogP contribution in [-0.2, 0) is 0 Å². The molecule has 0 aromatic rings. The van der Waals surface area contributed by atoms with E-state index in [-0.39, 0.29) is 0 Å². The van der Waals surface area contributed by atoms with Gasteiger partial charge in [-0.3, -0.25) is 9.80 Å². The molecule has 1 fully saturated rings. The van der Waals surface area contributed by atoms with Crippen molar-refractivity contribution < 1.29 is 13.2 Å². The van der Waals surface area contributed by atoms with Gasteiger partial charge in [0.25, 0.3) is 0 Å². The second kappa shape index (κ2) is 8.20. The van der Waals surface area contributed by atoms with Gasteiger partial charge in [0.1, 0.15) is 0 Å². The highest BCUT2D eigenvalue weighted by molar-refractivity contribution is 4.80. The van der Waals surface area contributed by atoms with Crippen molar-refractivity contribution in [1.29, 1.82) is 0 Å². The van der Waals surface area contributed by atoms with Crippen molar-refractivity contribution in [2.75, 3.05) is 45.8 Å². The summed E-state index contributed by atoms with van der Waals surface area (Å²) in [5.74, 6) is 0.586. The molecule has 20 heavy (non-hydrogen) atoms. The lowest BCUT2D eigenvalue weighted by Gasteiger charge is -2.38. The zero-order valence-corrected chi connectivity index (χ0v) is 12.8. The van der Waals surface area contributed by atoms with Crippen molar-refractivity contribution in [3.05, 3.63) is 0 Å². The smallest absolute Gasteiger partial charge is 0.313 e. The lowest BCUT2D eigenvalue weighted by atomic mass is 9.98. The Hall–Kier alpha value is -0.330. The Labute approximate surface area is 120 Å². The molecule has 3 nitrogen and oxygen atoms in total. The quantitative estimate of drug-likeness (QED) is 0.777. The van der Waals surface area contributed by atoms with Crippen LogP contribution in [-0.4, -0.2) is 67.8 Å². The van der Waals surface area contributed by atoms with Crippen molar-refractivity contribution in [3.8, 4) is 0 Å². The van der Waals surface area contributed by atoms with Crippen molar-refractivity contribution in [3.63, 3.8) is 0 Å². The first-order valence-corrected chi connectivity index (χ1v) is 7.60. The van der Waals surface area contributed by atoms with Crippen molar-refractivity contribution in [1.82, 2.24) is 15.1 Å². The highest BCUT2D eigenvalue weighted by Gasteiger charge is 2.32. The number of piperazine rings is 1. The molecule has 0 aromatic heterocycles. The molecule has 6 heteroatoms. The number of alkyl halides is 3. The summed E-state index contributed by atoms with van der Waals surface area (Å²) >= 11 is 0. The van der Waals surface area contributed by atoms with E-state index < -0.39 is 12.7 Å². The van der Waals surface area contributed by atoms with Gasteiger partial charge in [-0.25, -0.2) is 0 Å². The number of nitrogens with zero attached hydrogens (tertiary/aromatic N) is 2. The van der Waals surface area contributed by atoms with Gasteiger partial charge in [0.15, 0.2) is 0 Å². The highest BCUT2D eigenvalue weighted by atomic mass is 19.4. The molecule has 0 spiro atoms. The standard InChI is InChI=1S/C14H28F3N3/c1-4-12(3)13(18-5-2)10-19-6-8-20(9-7-19)11-14(15,16)17/h12-13,18H,4-11H2,1-3H3. The maximum Gasteiger partial charge on any atom is 0.401 e. The van der Waals surface area contributed by atoms with Crippen LogP contribution in [0, 0.1) is 5.92 Å². The Morgan fingerprint density at radius 1 is 1.05 bits per heavy atom. The first-order valence-electron chi connectivity index (χ1n) is 7.60. The summed E-state index contributed by atoms with van der Waals surface area (Å²) in [5.41, 5.74) is 0. The molecule has 0 aliphatic carbocycles. The lowest BCUT2D eigenvalue weighted by Crippen LogP contribution is -2.53. The summed E-state index contributed by atoms with van der Waals surface area (Å²) in [6.07, 6.45) is -2.96. The fourth-order valence-corrected chi connectivity index (χ4v) is 2.65. The van der Waals surface area contributed by atoms with Gasteiger partial charge in [-0.05, 0) is 12.5 Å². The molecule has 1 saturated heterocycles. The van der Waals surface area contributed by atoms with Crippen LogP contribution >= 0.6 is 0 Å². The Kier molecular flexibility index (Phi) is 7.26. The molecule has 0 aromatic carbocycles. The summed E-state index contributed by atoms with van der Waals surface area (Å²) in [5, 5.41) is 3.49. The Morgan fingerprint density at radius 3 is 2.05 bits per heavy atom. The summed E-state index contributed by atoms with van der Waals surface area (Å²) in [4.78, 5) is 3.79. The zero-order valence-electron chi connectivity index (χ0n) is 12.8. The molecule has 0 amide bonds. The maximum atomic E-state index is 12.3. The zero-order chi connectivity index (χ0) is 15.2. The van der Waals surface area contributed by atoms with E-state index in [0.717, 1.165) is 32.6 Å². The molecule has 2 atom stereocenters. The number of hydrogen-bond donors (Lipinski definition) is 1. The predicted molar refractivity (Wildman–Crippen MR) is 75.9 cm³/mol. The minimum absolute atomic E-state index is 0.430. The number of halogens is 3. The second-order valence-electron chi connectivity index (χ2n) is 5.74. The minimum atomic E-state index is -4.08. The van der Waals surface area contributed by atoms with Gasteiger partial charge in [0, 0.05) is 38.8 Å². The third-order valence-corrected chi connectivity index (χ3v) is 4.12. The van der Waals surface area contributed by atoms with E-state index in [1.165, 1.54) is 4.90 Å². The SMILES string of the molecule is CCNC(CN1CCN(CC(F)(F)F)CC1)C(C)CC. The van der Waals surface area contributed by atoms with Gasteiger partial charge >= 0.3 is 6.18 Å². The van der Waals surface area contributed by atoms with Gasteiger partial charge in [0.05, 0.1) is 6.54 Å². The van der Waals surface area contributed by atoms with E-state index in [2.05, 4.69) is 31.0 Å². The van der Waals surface area contributed by atoms with E-state index in [9.17, 15) is 13.2 Å². The molecule has 120 valence electrons. The summed E-state index contributed by atoms with van der Waals surface area (Å²) in [6.45, 7) is 10.1. The highest BCUT2D eigenvalue weighted by Crippen LogP contribution is 2.18. The Bertz CT molecular complexity index is 263. The van der Waals surface area contributed by atoms with Gasteiger partial charge in [-0.2, -0.15) is 13.2 Å². The molecule has 1 aliphatic rings. The van der Waals surface area contributed by atoms with E-state index in [4.69, 9.17) is 0 Å². The molecular formula is C14H28F3N3. The van der Waals surface area contributed by atoms with Crippen molar-refractivity contribution >= 4 is 0 Å². The van der Waals surface area contributed by atoms with E-state index in [1.54, 1.807) is 0 Å². The molecule has 0 radical (unpaired) electrons. The normalized spacial score (nSPS) is 21.9. The molecule has 1 rings (SSSR count). The second-order valence-corrected chi connectivity index (χ2v) is 5.74. The van der Waals surface area contributed by atoms with Crippen molar-refractivity contribution in [2.45, 2.75) is 39.4 Å². The van der Waals surface area contributed by atoms with E-state index in [0.29, 0.717) is 25.0 Å². The fraction of sp³-hybridized carbons (Fsp3) is 1.00. The number of rotatable bonds is 7. The largest absolute Gasteiger partial charge is 0.401 e. The average molecular weight is 295 g/mol. The summed E-state index contributed by atoms with van der Waals surface area (Å²) < 4.78 is 37.0. The topological polar surface area (TPSA) is 18.5 Å². The minimum Gasteiger partial charge on any atom is -0.313 e. The molecule has 0 bridgehead atoms. The summed E-state index contributed by atoms with van der Waals surface area (Å²) in [7, 11) is 0. The maximum absolute atomic E-state index is 12.3. The molecular weight excluding hydrogens is 267 g/mol. The molecule has 0 saturated carbocycles. The van der Waals surface area contributed by atoms with Crippen LogP contribution in [0.15, 0.2) is 0 Å². The predicted octanol–water partition coefficient (Wildman–Crippen LogP) is 2.19. The van der Waals surface area contributed by atoms with E-state index >= 15 is 0 Å². The fourth-order valence-electron chi connectivity index (χ4n) is 2.65. The number of nitrogens with one attached hydrogen (secondary N) is 1. The van der Waals surface area contributed by atoms with Gasteiger partial charge < -0.3 is 5.32 Å². The van der Waals surface area contributed by atoms with Gasteiger partial charge in [-0.1, -0.05) is 27.2 Å². The van der Waals surface area contributed by atoms with Crippen molar-refractivity contribution in [2.24, 2.45) is 5.92 Å². The van der Waals surface area contributed by atoms with Gasteiger partial charge in [0.2, 0.25) is 0 Å². The first kappa shape index (κ1) is 17.7. The van der Waals surface area contributed by atoms with Crippen LogP contribution in [0.2, 0.25) is 0 Å². The number of likely N-dealkylation sites (N-methyl/N-ethyl adjacent to an activating group) is 1. The number of hydrogen-bond acceptors (Lipinski definition) is 3. The molecule has 1 N–H and O–H groups in total. The van der Waals surface area contributed by atoms with E-state index in [1.807, 2.05) is 0 Å². The summed E-state index contributed by atoms with van der Waals surface area (Å²) in [6, 6.07) is 0.430. The van der Waals surface area contributed by atoms with Crippen LogP contribution in [0.25, 0.3) is 0 Å². The Balaban J connectivity index is 2.36. The van der Waals surface area contributed by atoms with Crippen LogP contribution in [0.4, 0.5) is 13.2 Å². The lowest BCUT2D eigenvalue weighted by molar-refractivity contribution is -0.149.